The second kappa shape index (κ2) is 5.15. The number of carbonyl (C=O) groups is 1. The van der Waals surface area contributed by atoms with Gasteiger partial charge in [0.15, 0.2) is 5.43 Å². The normalized spacial score (nSPS) is 10.8. The lowest BCUT2D eigenvalue weighted by atomic mass is 10.1. The zero-order valence-electron chi connectivity index (χ0n) is 12.2. The van der Waals surface area contributed by atoms with Gasteiger partial charge in [-0.3, -0.25) is 4.79 Å². The molecule has 0 aliphatic heterocycles. The molecule has 0 radical (unpaired) electrons. The predicted octanol–water partition coefficient (Wildman–Crippen LogP) is 3.78. The molecule has 4 nitrogen and oxygen atoms in total. The van der Waals surface area contributed by atoms with Crippen LogP contribution in [0.5, 0.6) is 0 Å². The van der Waals surface area contributed by atoms with E-state index in [-0.39, 0.29) is 11.0 Å². The molecule has 2 aromatic carbocycles. The Morgan fingerprint density at radius 3 is 2.27 bits per heavy atom. The fourth-order valence-electron chi connectivity index (χ4n) is 2.33. The zero-order chi connectivity index (χ0) is 15.9. The van der Waals surface area contributed by atoms with E-state index >= 15 is 0 Å². The Kier molecular flexibility index (Phi) is 3.29. The first-order valence-corrected chi connectivity index (χ1v) is 6.84. The first-order chi connectivity index (χ1) is 10.5. The number of rotatable bonds is 2. The van der Waals surface area contributed by atoms with Crippen LogP contribution in [0.15, 0.2) is 51.7 Å². The van der Waals surface area contributed by atoms with Crippen LogP contribution in [0.2, 0.25) is 0 Å². The number of hydrogen-bond donors (Lipinski definition) is 1. The maximum atomic E-state index is 12.3. The van der Waals surface area contributed by atoms with Crippen molar-refractivity contribution in [3.8, 4) is 11.3 Å². The van der Waals surface area contributed by atoms with Crippen LogP contribution in [0.4, 0.5) is 0 Å². The molecule has 1 N–H and O–H groups in total. The lowest BCUT2D eigenvalue weighted by molar-refractivity contribution is 0.0697. The van der Waals surface area contributed by atoms with Gasteiger partial charge in [0.2, 0.25) is 0 Å². The van der Waals surface area contributed by atoms with Gasteiger partial charge in [-0.25, -0.2) is 4.79 Å². The Bertz CT molecular complexity index is 934. The predicted molar refractivity (Wildman–Crippen MR) is 84.4 cm³/mol. The fourth-order valence-corrected chi connectivity index (χ4v) is 2.33. The Balaban J connectivity index is 2.17. The van der Waals surface area contributed by atoms with Gasteiger partial charge in [-0.2, -0.15) is 0 Å². The van der Waals surface area contributed by atoms with Gasteiger partial charge in [0.05, 0.1) is 10.9 Å². The van der Waals surface area contributed by atoms with Crippen LogP contribution in [0.25, 0.3) is 22.3 Å². The molecule has 0 amide bonds. The third kappa shape index (κ3) is 2.39. The van der Waals surface area contributed by atoms with Gasteiger partial charge < -0.3 is 9.52 Å². The van der Waals surface area contributed by atoms with Crippen molar-refractivity contribution in [3.63, 3.8) is 0 Å². The van der Waals surface area contributed by atoms with Crippen LogP contribution in [-0.2, 0) is 0 Å². The molecule has 3 aromatic rings. The monoisotopic (exact) mass is 294 g/mol. The Labute approximate surface area is 126 Å². The minimum Gasteiger partial charge on any atom is -0.478 e. The summed E-state index contributed by atoms with van der Waals surface area (Å²) >= 11 is 0. The third-order valence-electron chi connectivity index (χ3n) is 3.76. The van der Waals surface area contributed by atoms with Crippen LogP contribution in [0, 0.1) is 13.8 Å². The van der Waals surface area contributed by atoms with E-state index in [2.05, 4.69) is 0 Å². The number of aryl methyl sites for hydroxylation is 2. The number of benzene rings is 2. The summed E-state index contributed by atoms with van der Waals surface area (Å²) in [4.78, 5) is 23.1. The van der Waals surface area contributed by atoms with Crippen molar-refractivity contribution in [2.75, 3.05) is 0 Å². The molecule has 110 valence electrons. The molecular formula is C18H14O4. The molecule has 1 heterocycles. The molecule has 0 saturated carbocycles. The maximum Gasteiger partial charge on any atom is 0.335 e. The van der Waals surface area contributed by atoms with E-state index in [4.69, 9.17) is 9.52 Å². The van der Waals surface area contributed by atoms with Gasteiger partial charge in [0.25, 0.3) is 0 Å². The third-order valence-corrected chi connectivity index (χ3v) is 3.76. The largest absolute Gasteiger partial charge is 0.478 e. The highest BCUT2D eigenvalue weighted by molar-refractivity contribution is 5.88. The first-order valence-electron chi connectivity index (χ1n) is 6.84. The Hall–Kier alpha value is -2.88. The van der Waals surface area contributed by atoms with Crippen molar-refractivity contribution in [2.45, 2.75) is 13.8 Å². The van der Waals surface area contributed by atoms with E-state index in [1.54, 1.807) is 12.1 Å². The second-order valence-electron chi connectivity index (χ2n) is 5.29. The molecule has 0 aliphatic carbocycles. The highest BCUT2D eigenvalue weighted by Crippen LogP contribution is 2.24. The summed E-state index contributed by atoms with van der Waals surface area (Å²) < 4.78 is 5.82. The minimum atomic E-state index is -0.988. The highest BCUT2D eigenvalue weighted by atomic mass is 16.4. The summed E-state index contributed by atoms with van der Waals surface area (Å²) in [5, 5.41) is 9.46. The van der Waals surface area contributed by atoms with E-state index in [9.17, 15) is 9.59 Å². The Morgan fingerprint density at radius 2 is 1.64 bits per heavy atom. The number of fused-ring (bicyclic) bond motifs is 1. The summed E-state index contributed by atoms with van der Waals surface area (Å²) in [6, 6.07) is 11.4. The molecule has 22 heavy (non-hydrogen) atoms. The summed E-state index contributed by atoms with van der Waals surface area (Å²) in [7, 11) is 0. The molecule has 0 aliphatic rings. The van der Waals surface area contributed by atoms with Crippen LogP contribution >= 0.6 is 0 Å². The molecule has 0 atom stereocenters. The molecule has 3 rings (SSSR count). The highest BCUT2D eigenvalue weighted by Gasteiger charge is 2.09. The smallest absolute Gasteiger partial charge is 0.335 e. The average Bonchev–Trinajstić information content (AvgIpc) is 2.49. The van der Waals surface area contributed by atoms with Crippen LogP contribution < -0.4 is 5.43 Å². The summed E-state index contributed by atoms with van der Waals surface area (Å²) in [5.41, 5.74) is 3.38. The SMILES string of the molecule is Cc1cc2oc(-c3ccc(C(=O)O)cc3)cc(=O)c2cc1C. The molecule has 0 spiro atoms. The van der Waals surface area contributed by atoms with Crippen molar-refractivity contribution < 1.29 is 14.3 Å². The molecule has 0 bridgehead atoms. The van der Waals surface area contributed by atoms with Crippen LogP contribution in [0.3, 0.4) is 0 Å². The molecule has 0 fully saturated rings. The average molecular weight is 294 g/mol. The first kappa shape index (κ1) is 14.1. The van der Waals surface area contributed by atoms with E-state index in [0.717, 1.165) is 11.1 Å². The molecule has 4 heteroatoms. The molecule has 0 saturated heterocycles. The van der Waals surface area contributed by atoms with E-state index in [1.165, 1.54) is 18.2 Å². The van der Waals surface area contributed by atoms with Gasteiger partial charge in [0, 0.05) is 11.6 Å². The number of carboxylic acids is 1. The molecule has 0 unspecified atom stereocenters. The second-order valence-corrected chi connectivity index (χ2v) is 5.29. The van der Waals surface area contributed by atoms with Crippen LogP contribution in [-0.4, -0.2) is 11.1 Å². The van der Waals surface area contributed by atoms with E-state index < -0.39 is 5.97 Å². The summed E-state index contributed by atoms with van der Waals surface area (Å²) in [6.45, 7) is 3.91. The van der Waals surface area contributed by atoms with Crippen molar-refractivity contribution >= 4 is 16.9 Å². The van der Waals surface area contributed by atoms with Gasteiger partial charge in [-0.1, -0.05) is 12.1 Å². The van der Waals surface area contributed by atoms with Crippen molar-refractivity contribution in [3.05, 3.63) is 69.4 Å². The van der Waals surface area contributed by atoms with Crippen LogP contribution in [0.1, 0.15) is 21.5 Å². The van der Waals surface area contributed by atoms with E-state index in [1.807, 2.05) is 26.0 Å². The Morgan fingerprint density at radius 1 is 1.00 bits per heavy atom. The summed E-state index contributed by atoms with van der Waals surface area (Å²) in [6.07, 6.45) is 0. The topological polar surface area (TPSA) is 67.5 Å². The lowest BCUT2D eigenvalue weighted by Gasteiger charge is -2.06. The molecular weight excluding hydrogens is 280 g/mol. The quantitative estimate of drug-likeness (QED) is 0.781. The van der Waals surface area contributed by atoms with Gasteiger partial charge in [-0.05, 0) is 49.2 Å². The standard InChI is InChI=1S/C18H14O4/c1-10-7-14-15(19)9-16(22-17(14)8-11(10)2)12-3-5-13(6-4-12)18(20)21/h3-9H,1-2H3,(H,20,21). The summed E-state index contributed by atoms with van der Waals surface area (Å²) in [5.74, 6) is -0.560. The van der Waals surface area contributed by atoms with Crippen molar-refractivity contribution in [2.24, 2.45) is 0 Å². The minimum absolute atomic E-state index is 0.110. The van der Waals surface area contributed by atoms with Gasteiger partial charge >= 0.3 is 5.97 Å². The maximum absolute atomic E-state index is 12.3. The lowest BCUT2D eigenvalue weighted by Crippen LogP contribution is -2.01. The van der Waals surface area contributed by atoms with Crippen molar-refractivity contribution in [1.29, 1.82) is 0 Å². The van der Waals surface area contributed by atoms with Gasteiger partial charge in [0.1, 0.15) is 11.3 Å². The number of hydrogen-bond acceptors (Lipinski definition) is 3. The van der Waals surface area contributed by atoms with Gasteiger partial charge in [-0.15, -0.1) is 0 Å². The number of carboxylic acid groups (broad SMARTS) is 1. The zero-order valence-corrected chi connectivity index (χ0v) is 12.2. The van der Waals surface area contributed by atoms with Crippen molar-refractivity contribution in [1.82, 2.24) is 0 Å². The fraction of sp³-hybridized carbons (Fsp3) is 0.111. The van der Waals surface area contributed by atoms with E-state index in [0.29, 0.717) is 22.3 Å². The molecule has 1 aromatic heterocycles. The number of aromatic carboxylic acids is 1.